The van der Waals surface area contributed by atoms with Crippen LogP contribution in [0, 0.1) is 0 Å². The fourth-order valence-electron chi connectivity index (χ4n) is 3.01. The van der Waals surface area contributed by atoms with Crippen molar-refractivity contribution in [3.05, 3.63) is 62.9 Å². The van der Waals surface area contributed by atoms with Crippen LogP contribution >= 0.6 is 0 Å². The van der Waals surface area contributed by atoms with Gasteiger partial charge in [0.1, 0.15) is 5.65 Å². The van der Waals surface area contributed by atoms with Crippen molar-refractivity contribution >= 4 is 28.7 Å². The van der Waals surface area contributed by atoms with E-state index >= 15 is 0 Å². The number of benzene rings is 1. The van der Waals surface area contributed by atoms with E-state index in [0.29, 0.717) is 23.8 Å². The molecule has 0 spiro atoms. The summed E-state index contributed by atoms with van der Waals surface area (Å²) in [6.07, 6.45) is 5.29. The topological polar surface area (TPSA) is 104 Å². The molecule has 0 bridgehead atoms. The molecule has 0 aliphatic carbocycles. The van der Waals surface area contributed by atoms with E-state index in [2.05, 4.69) is 10.3 Å². The standard InChI is InChI=1S/C22H24N4O5/c1-5-10-31-17-8-6-14(11-18(17)30-4)7-9-19(27)24-15-12-16-20(23-13-15)25(2)22(29)26(3)21(16)28/h6-9,11-13H,5,10H2,1-4H3,(H,24,27)/b9-7+. The van der Waals surface area contributed by atoms with Gasteiger partial charge in [-0.2, -0.15) is 0 Å². The molecule has 0 aliphatic rings. The lowest BCUT2D eigenvalue weighted by Gasteiger charge is -2.10. The van der Waals surface area contributed by atoms with Gasteiger partial charge >= 0.3 is 5.69 Å². The van der Waals surface area contributed by atoms with E-state index in [-0.39, 0.29) is 11.0 Å². The molecule has 9 heteroatoms. The number of nitrogens with one attached hydrogen (secondary N) is 1. The summed E-state index contributed by atoms with van der Waals surface area (Å²) < 4.78 is 13.2. The summed E-state index contributed by atoms with van der Waals surface area (Å²) in [6, 6.07) is 6.88. The molecule has 0 atom stereocenters. The number of aromatic nitrogens is 3. The Balaban J connectivity index is 1.79. The number of fused-ring (bicyclic) bond motifs is 1. The highest BCUT2D eigenvalue weighted by molar-refractivity contribution is 6.02. The maximum atomic E-state index is 12.4. The molecule has 3 aromatic rings. The Labute approximate surface area is 178 Å². The highest BCUT2D eigenvalue weighted by Gasteiger charge is 2.11. The molecule has 9 nitrogen and oxygen atoms in total. The zero-order chi connectivity index (χ0) is 22.5. The maximum absolute atomic E-state index is 12.4. The predicted molar refractivity (Wildman–Crippen MR) is 119 cm³/mol. The van der Waals surface area contributed by atoms with Crippen LogP contribution in [0.5, 0.6) is 11.5 Å². The molecule has 0 radical (unpaired) electrons. The summed E-state index contributed by atoms with van der Waals surface area (Å²) in [5.74, 6) is 0.827. The Hall–Kier alpha value is -3.88. The Morgan fingerprint density at radius 3 is 2.65 bits per heavy atom. The molecule has 0 unspecified atom stereocenters. The van der Waals surface area contributed by atoms with Crippen molar-refractivity contribution in [3.8, 4) is 11.5 Å². The van der Waals surface area contributed by atoms with Gasteiger partial charge in [0.25, 0.3) is 5.56 Å². The minimum atomic E-state index is -0.477. The molecule has 1 amide bonds. The Bertz CT molecular complexity index is 1270. The molecule has 1 N–H and O–H groups in total. The first-order chi connectivity index (χ1) is 14.8. The summed E-state index contributed by atoms with van der Waals surface area (Å²) in [5.41, 5.74) is 0.412. The van der Waals surface area contributed by atoms with E-state index in [1.807, 2.05) is 13.0 Å². The van der Waals surface area contributed by atoms with Crippen LogP contribution in [0.15, 0.2) is 46.1 Å². The number of anilines is 1. The number of amides is 1. The number of hydrogen-bond acceptors (Lipinski definition) is 6. The van der Waals surface area contributed by atoms with Crippen molar-refractivity contribution in [2.45, 2.75) is 13.3 Å². The number of carbonyl (C=O) groups is 1. The summed E-state index contributed by atoms with van der Waals surface area (Å²) >= 11 is 0. The molecule has 2 aromatic heterocycles. The van der Waals surface area contributed by atoms with Crippen LogP contribution in [0.3, 0.4) is 0 Å². The van der Waals surface area contributed by atoms with Crippen LogP contribution < -0.4 is 26.0 Å². The molecule has 1 aromatic carbocycles. The number of hydrogen-bond donors (Lipinski definition) is 1. The molecule has 0 saturated carbocycles. The van der Waals surface area contributed by atoms with Gasteiger partial charge in [-0.25, -0.2) is 9.78 Å². The average molecular weight is 424 g/mol. The monoisotopic (exact) mass is 424 g/mol. The summed E-state index contributed by atoms with van der Waals surface area (Å²) in [6.45, 7) is 2.61. The molecule has 31 heavy (non-hydrogen) atoms. The van der Waals surface area contributed by atoms with Crippen LogP contribution in [-0.2, 0) is 18.9 Å². The van der Waals surface area contributed by atoms with Crippen LogP contribution in [0.2, 0.25) is 0 Å². The van der Waals surface area contributed by atoms with Crippen molar-refractivity contribution in [1.29, 1.82) is 0 Å². The van der Waals surface area contributed by atoms with Gasteiger partial charge in [-0.15, -0.1) is 0 Å². The average Bonchev–Trinajstić information content (AvgIpc) is 2.78. The minimum Gasteiger partial charge on any atom is -0.493 e. The number of ether oxygens (including phenoxy) is 2. The second-order valence-corrected chi connectivity index (χ2v) is 6.88. The van der Waals surface area contributed by atoms with E-state index in [4.69, 9.17) is 9.47 Å². The Morgan fingerprint density at radius 1 is 1.16 bits per heavy atom. The van der Waals surface area contributed by atoms with Crippen molar-refractivity contribution in [2.75, 3.05) is 19.0 Å². The molecule has 0 saturated heterocycles. The second-order valence-electron chi connectivity index (χ2n) is 6.88. The SMILES string of the molecule is CCCOc1ccc(/C=C/C(=O)Nc2cnc3c(c2)c(=O)n(C)c(=O)n3C)cc1OC. The van der Waals surface area contributed by atoms with Gasteiger partial charge in [-0.1, -0.05) is 13.0 Å². The zero-order valence-corrected chi connectivity index (χ0v) is 17.8. The summed E-state index contributed by atoms with van der Waals surface area (Å²) in [4.78, 5) is 40.8. The fraction of sp³-hybridized carbons (Fsp3) is 0.273. The molecule has 3 rings (SSSR count). The fourth-order valence-corrected chi connectivity index (χ4v) is 3.01. The first kappa shape index (κ1) is 21.8. The molecule has 0 fully saturated rings. The molecular weight excluding hydrogens is 400 g/mol. The van der Waals surface area contributed by atoms with E-state index < -0.39 is 17.2 Å². The highest BCUT2D eigenvalue weighted by Crippen LogP contribution is 2.28. The summed E-state index contributed by atoms with van der Waals surface area (Å²) in [7, 11) is 4.48. The summed E-state index contributed by atoms with van der Waals surface area (Å²) in [5, 5.41) is 2.91. The van der Waals surface area contributed by atoms with E-state index in [9.17, 15) is 14.4 Å². The second kappa shape index (κ2) is 9.29. The van der Waals surface area contributed by atoms with Gasteiger partial charge in [0.05, 0.1) is 31.0 Å². The van der Waals surface area contributed by atoms with Crippen molar-refractivity contribution in [3.63, 3.8) is 0 Å². The van der Waals surface area contributed by atoms with Gasteiger partial charge in [-0.3, -0.25) is 18.7 Å². The number of rotatable bonds is 7. The third-order valence-electron chi connectivity index (χ3n) is 4.64. The Morgan fingerprint density at radius 2 is 1.94 bits per heavy atom. The molecule has 162 valence electrons. The number of carbonyl (C=O) groups excluding carboxylic acids is 1. The first-order valence-corrected chi connectivity index (χ1v) is 9.71. The third kappa shape index (κ3) is 4.66. The smallest absolute Gasteiger partial charge is 0.332 e. The van der Waals surface area contributed by atoms with E-state index in [1.165, 1.54) is 37.0 Å². The highest BCUT2D eigenvalue weighted by atomic mass is 16.5. The largest absolute Gasteiger partial charge is 0.493 e. The van der Waals surface area contributed by atoms with Crippen molar-refractivity contribution in [1.82, 2.24) is 14.1 Å². The van der Waals surface area contributed by atoms with Crippen LogP contribution in [-0.4, -0.2) is 33.7 Å². The zero-order valence-electron chi connectivity index (χ0n) is 17.8. The van der Waals surface area contributed by atoms with Crippen LogP contribution in [0.4, 0.5) is 5.69 Å². The van der Waals surface area contributed by atoms with Gasteiger partial charge in [0.15, 0.2) is 11.5 Å². The quantitative estimate of drug-likeness (QED) is 0.583. The number of pyridine rings is 1. The van der Waals surface area contributed by atoms with Crippen molar-refractivity contribution in [2.24, 2.45) is 14.1 Å². The Kier molecular flexibility index (Phi) is 6.54. The van der Waals surface area contributed by atoms with Crippen molar-refractivity contribution < 1.29 is 14.3 Å². The van der Waals surface area contributed by atoms with Gasteiger partial charge < -0.3 is 14.8 Å². The lowest BCUT2D eigenvalue weighted by molar-refractivity contribution is -0.111. The number of nitrogens with zero attached hydrogens (tertiary/aromatic N) is 3. The van der Waals surface area contributed by atoms with E-state index in [0.717, 1.165) is 16.6 Å². The van der Waals surface area contributed by atoms with E-state index in [1.54, 1.807) is 25.3 Å². The first-order valence-electron chi connectivity index (χ1n) is 9.71. The molecule has 0 aliphatic heterocycles. The van der Waals surface area contributed by atoms with Gasteiger partial charge in [0.2, 0.25) is 5.91 Å². The van der Waals surface area contributed by atoms with Crippen LogP contribution in [0.25, 0.3) is 17.1 Å². The van der Waals surface area contributed by atoms with Gasteiger partial charge in [-0.05, 0) is 36.3 Å². The minimum absolute atomic E-state index is 0.235. The molecular formula is C22H24N4O5. The predicted octanol–water partition coefficient (Wildman–Crippen LogP) is 2.08. The lowest BCUT2D eigenvalue weighted by Crippen LogP contribution is -2.37. The third-order valence-corrected chi connectivity index (χ3v) is 4.64. The van der Waals surface area contributed by atoms with Crippen LogP contribution in [0.1, 0.15) is 18.9 Å². The lowest BCUT2D eigenvalue weighted by atomic mass is 10.2. The normalized spacial score (nSPS) is 11.1. The molecule has 2 heterocycles. The maximum Gasteiger partial charge on any atom is 0.332 e. The van der Waals surface area contributed by atoms with Gasteiger partial charge in [0, 0.05) is 20.2 Å². The number of aryl methyl sites for hydroxylation is 1. The number of methoxy groups -OCH3 is 1.